The zero-order valence-electron chi connectivity index (χ0n) is 7.45. The lowest BCUT2D eigenvalue weighted by Crippen LogP contribution is -2.06. The normalized spacial score (nSPS) is 21.6. The van der Waals surface area contributed by atoms with E-state index in [1.54, 1.807) is 6.92 Å². The fraction of sp³-hybridized carbons (Fsp3) is 0.333. The first-order valence-corrected chi connectivity index (χ1v) is 4.00. The number of aliphatic carboxylic acids is 1. The van der Waals surface area contributed by atoms with E-state index in [9.17, 15) is 13.6 Å². The molecule has 0 spiro atoms. The molecule has 0 aromatic heterocycles. The van der Waals surface area contributed by atoms with E-state index in [2.05, 4.69) is 4.99 Å². The molecule has 0 saturated heterocycles. The Kier molecular flexibility index (Phi) is 3.11. The Balaban J connectivity index is 3.17. The number of hydrogen-bond donors (Lipinski definition) is 1. The van der Waals surface area contributed by atoms with Crippen LogP contribution in [0.1, 0.15) is 6.92 Å². The van der Waals surface area contributed by atoms with Crippen LogP contribution in [0.5, 0.6) is 0 Å². The number of hydrogen-bond acceptors (Lipinski definition) is 2. The maximum absolute atomic E-state index is 12.4. The van der Waals surface area contributed by atoms with Gasteiger partial charge in [-0.15, -0.1) is 0 Å². The van der Waals surface area contributed by atoms with Crippen molar-refractivity contribution in [2.45, 2.75) is 13.3 Å². The van der Waals surface area contributed by atoms with E-state index in [0.29, 0.717) is 0 Å². The highest BCUT2D eigenvalue weighted by Gasteiger charge is 2.20. The molecule has 0 bridgehead atoms. The number of aliphatic imine (C=N–C) groups is 1. The minimum absolute atomic E-state index is 0.138. The quantitative estimate of drug-likeness (QED) is 0.741. The lowest BCUT2D eigenvalue weighted by molar-refractivity contribution is -0.132. The molecule has 1 unspecified atom stereocenters. The molecule has 0 aromatic rings. The SMILES string of the molecule is CC1C=CC(C(=O)O)=C(C(F)F)N=C1. The summed E-state index contributed by atoms with van der Waals surface area (Å²) < 4.78 is 24.7. The van der Waals surface area contributed by atoms with Gasteiger partial charge in [-0.25, -0.2) is 13.6 Å². The monoisotopic (exact) mass is 201 g/mol. The fourth-order valence-corrected chi connectivity index (χ4v) is 1.01. The molecule has 0 aliphatic carbocycles. The minimum atomic E-state index is -2.87. The van der Waals surface area contributed by atoms with Crippen LogP contribution in [-0.2, 0) is 4.79 Å². The van der Waals surface area contributed by atoms with Gasteiger partial charge in [-0.2, -0.15) is 0 Å². The Morgan fingerprint density at radius 3 is 2.79 bits per heavy atom. The lowest BCUT2D eigenvalue weighted by atomic mass is 10.1. The van der Waals surface area contributed by atoms with Gasteiger partial charge in [0.05, 0.1) is 5.57 Å². The van der Waals surface area contributed by atoms with Gasteiger partial charge in [0.2, 0.25) is 0 Å². The minimum Gasteiger partial charge on any atom is -0.478 e. The fourth-order valence-electron chi connectivity index (χ4n) is 1.01. The van der Waals surface area contributed by atoms with Crippen LogP contribution in [0.15, 0.2) is 28.4 Å². The highest BCUT2D eigenvalue weighted by atomic mass is 19.3. The summed E-state index contributed by atoms with van der Waals surface area (Å²) in [7, 11) is 0. The highest BCUT2D eigenvalue weighted by molar-refractivity contribution is 5.92. The average Bonchev–Trinajstić information content (AvgIpc) is 2.26. The van der Waals surface area contributed by atoms with E-state index >= 15 is 0 Å². The molecule has 1 aliphatic rings. The third kappa shape index (κ3) is 2.25. The molecule has 0 saturated carbocycles. The van der Waals surface area contributed by atoms with Crippen LogP contribution in [-0.4, -0.2) is 23.7 Å². The smallest absolute Gasteiger partial charge is 0.337 e. The van der Waals surface area contributed by atoms with Crippen molar-refractivity contribution >= 4 is 12.2 Å². The van der Waals surface area contributed by atoms with Crippen molar-refractivity contribution in [1.82, 2.24) is 0 Å². The second-order valence-electron chi connectivity index (χ2n) is 2.90. The van der Waals surface area contributed by atoms with Gasteiger partial charge >= 0.3 is 5.97 Å². The molecule has 3 nitrogen and oxygen atoms in total. The van der Waals surface area contributed by atoms with Crippen molar-refractivity contribution in [2.24, 2.45) is 10.9 Å². The number of alkyl halides is 2. The Labute approximate surface area is 79.5 Å². The average molecular weight is 201 g/mol. The van der Waals surface area contributed by atoms with Crippen LogP contribution < -0.4 is 0 Å². The van der Waals surface area contributed by atoms with Gasteiger partial charge in [0.15, 0.2) is 0 Å². The molecule has 5 heteroatoms. The van der Waals surface area contributed by atoms with Gasteiger partial charge < -0.3 is 5.11 Å². The van der Waals surface area contributed by atoms with Crippen molar-refractivity contribution in [3.63, 3.8) is 0 Å². The van der Waals surface area contributed by atoms with Gasteiger partial charge in [-0.1, -0.05) is 13.0 Å². The van der Waals surface area contributed by atoms with E-state index in [-0.39, 0.29) is 5.92 Å². The lowest BCUT2D eigenvalue weighted by Gasteiger charge is -2.01. The third-order valence-electron chi connectivity index (χ3n) is 1.73. The molecule has 1 rings (SSSR count). The van der Waals surface area contributed by atoms with Crippen LogP contribution in [0.25, 0.3) is 0 Å². The third-order valence-corrected chi connectivity index (χ3v) is 1.73. The predicted octanol–water partition coefficient (Wildman–Crippen LogP) is 1.87. The van der Waals surface area contributed by atoms with Crippen molar-refractivity contribution < 1.29 is 18.7 Å². The largest absolute Gasteiger partial charge is 0.478 e. The second kappa shape index (κ2) is 4.13. The molecule has 0 radical (unpaired) electrons. The molecule has 1 atom stereocenters. The number of nitrogens with zero attached hydrogens (tertiary/aromatic N) is 1. The Bertz CT molecular complexity index is 332. The molecule has 14 heavy (non-hydrogen) atoms. The van der Waals surface area contributed by atoms with Gasteiger partial charge in [0, 0.05) is 12.1 Å². The summed E-state index contributed by atoms with van der Waals surface area (Å²) >= 11 is 0. The van der Waals surface area contributed by atoms with E-state index in [0.717, 1.165) is 0 Å². The summed E-state index contributed by atoms with van der Waals surface area (Å²) in [4.78, 5) is 14.1. The molecule has 1 N–H and O–H groups in total. The standard InChI is InChI=1S/C9H9F2NO2/c1-5-2-3-6(9(13)14)7(8(10)11)12-4-5/h2-5,8H,1H3,(H,13,14). The Morgan fingerprint density at radius 1 is 1.64 bits per heavy atom. The summed E-state index contributed by atoms with van der Waals surface area (Å²) in [5, 5.41) is 8.65. The van der Waals surface area contributed by atoms with E-state index in [1.165, 1.54) is 18.4 Å². The van der Waals surface area contributed by atoms with Crippen LogP contribution in [0.4, 0.5) is 8.78 Å². The Morgan fingerprint density at radius 2 is 2.29 bits per heavy atom. The van der Waals surface area contributed by atoms with Crippen LogP contribution >= 0.6 is 0 Å². The second-order valence-corrected chi connectivity index (χ2v) is 2.90. The van der Waals surface area contributed by atoms with E-state index in [4.69, 9.17) is 5.11 Å². The van der Waals surface area contributed by atoms with Crippen molar-refractivity contribution in [1.29, 1.82) is 0 Å². The molecular formula is C9H9F2NO2. The highest BCUT2D eigenvalue weighted by Crippen LogP contribution is 2.20. The Hall–Kier alpha value is -1.52. The first kappa shape index (κ1) is 10.6. The number of allylic oxidation sites excluding steroid dienone is 2. The molecule has 1 aliphatic heterocycles. The van der Waals surface area contributed by atoms with Gasteiger partial charge in [-0.3, -0.25) is 4.99 Å². The zero-order valence-corrected chi connectivity index (χ0v) is 7.45. The molecule has 1 heterocycles. The molecule has 76 valence electrons. The topological polar surface area (TPSA) is 49.7 Å². The molecule has 0 fully saturated rings. The van der Waals surface area contributed by atoms with Crippen molar-refractivity contribution in [3.05, 3.63) is 23.4 Å². The summed E-state index contributed by atoms with van der Waals surface area (Å²) in [6.07, 6.45) is 1.12. The van der Waals surface area contributed by atoms with E-state index in [1.807, 2.05) is 0 Å². The number of carbonyl (C=O) groups is 1. The number of halogens is 2. The number of rotatable bonds is 2. The first-order valence-electron chi connectivity index (χ1n) is 4.00. The number of carboxylic acids is 1. The molecule has 0 aromatic carbocycles. The predicted molar refractivity (Wildman–Crippen MR) is 47.5 cm³/mol. The van der Waals surface area contributed by atoms with E-state index < -0.39 is 23.7 Å². The summed E-state index contributed by atoms with van der Waals surface area (Å²) in [6.45, 7) is 1.73. The molecule has 0 amide bonds. The van der Waals surface area contributed by atoms with Gasteiger partial charge in [0.25, 0.3) is 6.43 Å². The number of carboxylic acid groups (broad SMARTS) is 1. The summed E-state index contributed by atoms with van der Waals surface area (Å²) in [5.74, 6) is -1.52. The summed E-state index contributed by atoms with van der Waals surface area (Å²) in [5.41, 5.74) is -1.13. The van der Waals surface area contributed by atoms with Crippen LogP contribution in [0, 0.1) is 5.92 Å². The van der Waals surface area contributed by atoms with Crippen molar-refractivity contribution in [2.75, 3.05) is 0 Å². The van der Waals surface area contributed by atoms with Crippen molar-refractivity contribution in [3.8, 4) is 0 Å². The zero-order chi connectivity index (χ0) is 10.7. The van der Waals surface area contributed by atoms with Crippen LogP contribution in [0.3, 0.4) is 0 Å². The maximum Gasteiger partial charge on any atom is 0.337 e. The first-order chi connectivity index (χ1) is 6.52. The van der Waals surface area contributed by atoms with Gasteiger partial charge in [-0.05, 0) is 6.08 Å². The summed E-state index contributed by atoms with van der Waals surface area (Å²) in [6, 6.07) is 0. The van der Waals surface area contributed by atoms with Crippen LogP contribution in [0.2, 0.25) is 0 Å². The molecular weight excluding hydrogens is 192 g/mol. The maximum atomic E-state index is 12.4. The van der Waals surface area contributed by atoms with Gasteiger partial charge in [0.1, 0.15) is 5.70 Å².